The predicted molar refractivity (Wildman–Crippen MR) is 46.5 cm³/mol. The molecule has 0 unspecified atom stereocenters. The number of aliphatic hydroxyl groups is 1. The molecule has 1 heterocycles. The molecule has 0 aromatic heterocycles. The molecule has 0 bridgehead atoms. The van der Waals surface area contributed by atoms with Crippen LogP contribution in [0.1, 0.15) is 20.3 Å². The number of rotatable bonds is 3. The Bertz CT molecular complexity index is 116. The van der Waals surface area contributed by atoms with Gasteiger partial charge in [-0.3, -0.25) is 0 Å². The third-order valence-corrected chi connectivity index (χ3v) is 2.62. The van der Waals surface area contributed by atoms with Gasteiger partial charge in [0.15, 0.2) is 0 Å². The van der Waals surface area contributed by atoms with Crippen molar-refractivity contribution in [3.05, 3.63) is 0 Å². The lowest BCUT2D eigenvalue weighted by atomic mass is 10.00. The van der Waals surface area contributed by atoms with Crippen molar-refractivity contribution in [2.45, 2.75) is 20.3 Å². The SMILES string of the molecule is CCCN1C[C@@H](CO)[C@H](C)C1. The van der Waals surface area contributed by atoms with Crippen LogP contribution < -0.4 is 0 Å². The third-order valence-electron chi connectivity index (χ3n) is 2.62. The Labute approximate surface area is 69.2 Å². The molecule has 0 aromatic carbocycles. The van der Waals surface area contributed by atoms with E-state index in [4.69, 9.17) is 5.11 Å². The first-order chi connectivity index (χ1) is 5.27. The largest absolute Gasteiger partial charge is 0.396 e. The molecular formula is C9H19NO. The molecule has 1 aliphatic rings. The molecule has 0 aliphatic carbocycles. The van der Waals surface area contributed by atoms with E-state index in [1.165, 1.54) is 19.5 Å². The van der Waals surface area contributed by atoms with Crippen molar-refractivity contribution in [2.24, 2.45) is 11.8 Å². The zero-order valence-corrected chi connectivity index (χ0v) is 7.58. The zero-order chi connectivity index (χ0) is 8.27. The summed E-state index contributed by atoms with van der Waals surface area (Å²) in [6, 6.07) is 0. The molecule has 2 heteroatoms. The maximum absolute atomic E-state index is 9.00. The standard InChI is InChI=1S/C9H19NO/c1-3-4-10-5-8(2)9(6-10)7-11/h8-9,11H,3-7H2,1-2H3/t8-,9+/m1/s1. The molecule has 2 atom stereocenters. The summed E-state index contributed by atoms with van der Waals surface area (Å²) in [5.41, 5.74) is 0. The van der Waals surface area contributed by atoms with Crippen LogP contribution in [0.15, 0.2) is 0 Å². The zero-order valence-electron chi connectivity index (χ0n) is 7.58. The number of aliphatic hydroxyl groups excluding tert-OH is 1. The van der Waals surface area contributed by atoms with E-state index < -0.39 is 0 Å². The van der Waals surface area contributed by atoms with Gasteiger partial charge in [-0.05, 0) is 24.8 Å². The molecule has 0 saturated carbocycles. The molecule has 0 amide bonds. The van der Waals surface area contributed by atoms with Crippen molar-refractivity contribution in [3.8, 4) is 0 Å². The number of hydrogen-bond acceptors (Lipinski definition) is 2. The number of nitrogens with zero attached hydrogens (tertiary/aromatic N) is 1. The predicted octanol–water partition coefficient (Wildman–Crippen LogP) is 0.957. The lowest BCUT2D eigenvalue weighted by Crippen LogP contribution is -2.22. The van der Waals surface area contributed by atoms with Gasteiger partial charge in [0, 0.05) is 19.7 Å². The average Bonchev–Trinajstić information content (AvgIpc) is 2.32. The van der Waals surface area contributed by atoms with E-state index in [-0.39, 0.29) is 0 Å². The monoisotopic (exact) mass is 157 g/mol. The second-order valence-electron chi connectivity index (χ2n) is 3.68. The Morgan fingerprint density at radius 3 is 2.64 bits per heavy atom. The van der Waals surface area contributed by atoms with E-state index in [0.717, 1.165) is 6.54 Å². The normalized spacial score (nSPS) is 33.0. The van der Waals surface area contributed by atoms with Crippen LogP contribution in [0.25, 0.3) is 0 Å². The van der Waals surface area contributed by atoms with Crippen LogP contribution in [0, 0.1) is 11.8 Å². The van der Waals surface area contributed by atoms with Crippen LogP contribution in [-0.4, -0.2) is 36.2 Å². The summed E-state index contributed by atoms with van der Waals surface area (Å²) < 4.78 is 0. The Hall–Kier alpha value is -0.0800. The van der Waals surface area contributed by atoms with Gasteiger partial charge in [0.25, 0.3) is 0 Å². The van der Waals surface area contributed by atoms with Gasteiger partial charge in [0.05, 0.1) is 0 Å². The smallest absolute Gasteiger partial charge is 0.0474 e. The van der Waals surface area contributed by atoms with Gasteiger partial charge < -0.3 is 10.0 Å². The summed E-state index contributed by atoms with van der Waals surface area (Å²) >= 11 is 0. The van der Waals surface area contributed by atoms with Crippen LogP contribution >= 0.6 is 0 Å². The summed E-state index contributed by atoms with van der Waals surface area (Å²) in [4.78, 5) is 2.45. The molecule has 1 rings (SSSR count). The Morgan fingerprint density at radius 1 is 1.45 bits per heavy atom. The third kappa shape index (κ3) is 2.17. The van der Waals surface area contributed by atoms with Gasteiger partial charge in [-0.1, -0.05) is 13.8 Å². The van der Waals surface area contributed by atoms with Gasteiger partial charge in [0.2, 0.25) is 0 Å². The van der Waals surface area contributed by atoms with Crippen LogP contribution in [0.5, 0.6) is 0 Å². The fourth-order valence-electron chi connectivity index (χ4n) is 1.88. The molecule has 0 radical (unpaired) electrons. The van der Waals surface area contributed by atoms with Gasteiger partial charge >= 0.3 is 0 Å². The Balaban J connectivity index is 2.30. The van der Waals surface area contributed by atoms with E-state index in [9.17, 15) is 0 Å². The van der Waals surface area contributed by atoms with Gasteiger partial charge in [-0.25, -0.2) is 0 Å². The summed E-state index contributed by atoms with van der Waals surface area (Å²) in [6.45, 7) is 8.28. The molecule has 0 aromatic rings. The quantitative estimate of drug-likeness (QED) is 0.659. The highest BCUT2D eigenvalue weighted by Crippen LogP contribution is 2.21. The first kappa shape index (κ1) is 9.01. The van der Waals surface area contributed by atoms with E-state index in [1.807, 2.05) is 0 Å². The molecule has 1 N–H and O–H groups in total. The minimum atomic E-state index is 0.362. The van der Waals surface area contributed by atoms with Crippen LogP contribution in [-0.2, 0) is 0 Å². The van der Waals surface area contributed by atoms with Crippen LogP contribution in [0.4, 0.5) is 0 Å². The van der Waals surface area contributed by atoms with Crippen molar-refractivity contribution >= 4 is 0 Å². The van der Waals surface area contributed by atoms with Crippen molar-refractivity contribution < 1.29 is 5.11 Å². The maximum Gasteiger partial charge on any atom is 0.0474 e. The maximum atomic E-state index is 9.00. The highest BCUT2D eigenvalue weighted by molar-refractivity contribution is 4.80. The van der Waals surface area contributed by atoms with Gasteiger partial charge in [-0.2, -0.15) is 0 Å². The summed E-state index contributed by atoms with van der Waals surface area (Å²) in [7, 11) is 0. The summed E-state index contributed by atoms with van der Waals surface area (Å²) in [5, 5.41) is 9.00. The molecule has 1 fully saturated rings. The minimum absolute atomic E-state index is 0.362. The molecule has 66 valence electrons. The highest BCUT2D eigenvalue weighted by Gasteiger charge is 2.27. The van der Waals surface area contributed by atoms with Crippen molar-refractivity contribution in [3.63, 3.8) is 0 Å². The van der Waals surface area contributed by atoms with E-state index in [2.05, 4.69) is 18.7 Å². The lowest BCUT2D eigenvalue weighted by molar-refractivity contribution is 0.205. The molecule has 1 saturated heterocycles. The lowest BCUT2D eigenvalue weighted by Gasteiger charge is -2.12. The van der Waals surface area contributed by atoms with E-state index in [0.29, 0.717) is 18.4 Å². The Morgan fingerprint density at radius 2 is 2.18 bits per heavy atom. The molecule has 2 nitrogen and oxygen atoms in total. The summed E-state index contributed by atoms with van der Waals surface area (Å²) in [5.74, 6) is 1.22. The molecule has 0 spiro atoms. The highest BCUT2D eigenvalue weighted by atomic mass is 16.3. The van der Waals surface area contributed by atoms with Gasteiger partial charge in [-0.15, -0.1) is 0 Å². The van der Waals surface area contributed by atoms with Crippen LogP contribution in [0.3, 0.4) is 0 Å². The van der Waals surface area contributed by atoms with Crippen LogP contribution in [0.2, 0.25) is 0 Å². The number of hydrogen-bond donors (Lipinski definition) is 1. The number of likely N-dealkylation sites (tertiary alicyclic amines) is 1. The Kier molecular flexibility index (Phi) is 3.34. The molecule has 11 heavy (non-hydrogen) atoms. The fourth-order valence-corrected chi connectivity index (χ4v) is 1.88. The van der Waals surface area contributed by atoms with Crippen molar-refractivity contribution in [1.82, 2.24) is 4.90 Å². The first-order valence-electron chi connectivity index (χ1n) is 4.61. The van der Waals surface area contributed by atoms with Gasteiger partial charge in [0.1, 0.15) is 0 Å². The molecular weight excluding hydrogens is 138 g/mol. The van der Waals surface area contributed by atoms with Crippen molar-refractivity contribution in [1.29, 1.82) is 0 Å². The average molecular weight is 157 g/mol. The topological polar surface area (TPSA) is 23.5 Å². The van der Waals surface area contributed by atoms with E-state index >= 15 is 0 Å². The second kappa shape index (κ2) is 4.07. The second-order valence-corrected chi connectivity index (χ2v) is 3.68. The minimum Gasteiger partial charge on any atom is -0.396 e. The fraction of sp³-hybridized carbons (Fsp3) is 1.00. The first-order valence-corrected chi connectivity index (χ1v) is 4.61. The van der Waals surface area contributed by atoms with E-state index in [1.54, 1.807) is 0 Å². The molecule has 1 aliphatic heterocycles. The van der Waals surface area contributed by atoms with Crippen molar-refractivity contribution in [2.75, 3.05) is 26.2 Å². The summed E-state index contributed by atoms with van der Waals surface area (Å²) in [6.07, 6.45) is 1.23.